The van der Waals surface area contributed by atoms with Gasteiger partial charge in [0.15, 0.2) is 11.7 Å². The minimum Gasteiger partial charge on any atom is -0.486 e. The van der Waals surface area contributed by atoms with Gasteiger partial charge in [-0.15, -0.1) is 0 Å². The number of rotatable bonds is 3. The van der Waals surface area contributed by atoms with Gasteiger partial charge in [0.05, 0.1) is 11.8 Å². The first-order valence-electron chi connectivity index (χ1n) is 5.16. The van der Waals surface area contributed by atoms with E-state index in [1.807, 2.05) is 0 Å². The van der Waals surface area contributed by atoms with E-state index in [1.54, 1.807) is 6.92 Å². The predicted octanol–water partition coefficient (Wildman–Crippen LogP) is 3.58. The molecule has 0 saturated heterocycles. The number of aromatic nitrogens is 1. The number of hydrogen-bond acceptors (Lipinski definition) is 3. The number of alkyl halides is 3. The summed E-state index contributed by atoms with van der Waals surface area (Å²) < 4.78 is 47.7. The first-order valence-corrected chi connectivity index (χ1v) is 5.16. The van der Waals surface area contributed by atoms with E-state index in [9.17, 15) is 13.2 Å². The first kappa shape index (κ1) is 12.5. The van der Waals surface area contributed by atoms with Crippen LogP contribution in [0.15, 0.2) is 34.9 Å². The highest BCUT2D eigenvalue weighted by Gasteiger charge is 2.30. The van der Waals surface area contributed by atoms with E-state index < -0.39 is 11.7 Å². The number of hydrogen-bond donors (Lipinski definition) is 0. The summed E-state index contributed by atoms with van der Waals surface area (Å²) in [6.07, 6.45) is -2.90. The second-order valence-electron chi connectivity index (χ2n) is 3.66. The minimum atomic E-state index is -4.37. The quantitative estimate of drug-likeness (QED) is 0.843. The van der Waals surface area contributed by atoms with Crippen LogP contribution >= 0.6 is 0 Å². The van der Waals surface area contributed by atoms with Crippen LogP contribution in [0.5, 0.6) is 5.75 Å². The van der Waals surface area contributed by atoms with Gasteiger partial charge in [0.2, 0.25) is 0 Å². The van der Waals surface area contributed by atoms with Crippen molar-refractivity contribution in [2.24, 2.45) is 0 Å². The molecule has 0 aliphatic heterocycles. The molecule has 0 saturated carbocycles. The number of halogens is 3. The number of benzene rings is 1. The van der Waals surface area contributed by atoms with Gasteiger partial charge in [-0.3, -0.25) is 0 Å². The van der Waals surface area contributed by atoms with E-state index in [0.29, 0.717) is 11.7 Å². The molecular weight excluding hydrogens is 247 g/mol. The standard InChI is InChI=1S/C12H10F3NO2/c1-8-16-6-11(18-8)7-17-10-4-2-3-9(5-10)12(13,14)15/h2-6H,7H2,1H3. The molecule has 18 heavy (non-hydrogen) atoms. The average Bonchev–Trinajstić information content (AvgIpc) is 2.72. The summed E-state index contributed by atoms with van der Waals surface area (Å²) in [4.78, 5) is 3.86. The maximum absolute atomic E-state index is 12.5. The van der Waals surface area contributed by atoms with Crippen LogP contribution in [0.1, 0.15) is 17.2 Å². The van der Waals surface area contributed by atoms with Gasteiger partial charge >= 0.3 is 6.18 Å². The van der Waals surface area contributed by atoms with Crippen LogP contribution in [-0.2, 0) is 12.8 Å². The summed E-state index contributed by atoms with van der Waals surface area (Å²) in [5.41, 5.74) is -0.742. The molecule has 1 heterocycles. The van der Waals surface area contributed by atoms with Crippen molar-refractivity contribution in [1.82, 2.24) is 4.98 Å². The van der Waals surface area contributed by atoms with Gasteiger partial charge in [-0.05, 0) is 18.2 Å². The number of oxazole rings is 1. The van der Waals surface area contributed by atoms with Crippen LogP contribution in [-0.4, -0.2) is 4.98 Å². The van der Waals surface area contributed by atoms with Crippen molar-refractivity contribution in [2.45, 2.75) is 19.7 Å². The fourth-order valence-corrected chi connectivity index (χ4v) is 1.39. The van der Waals surface area contributed by atoms with Crippen molar-refractivity contribution in [2.75, 3.05) is 0 Å². The molecule has 0 bridgehead atoms. The molecule has 1 aromatic carbocycles. The Hall–Kier alpha value is -1.98. The van der Waals surface area contributed by atoms with E-state index in [2.05, 4.69) is 4.98 Å². The van der Waals surface area contributed by atoms with Gasteiger partial charge in [-0.1, -0.05) is 6.07 Å². The largest absolute Gasteiger partial charge is 0.486 e. The van der Waals surface area contributed by atoms with Crippen molar-refractivity contribution < 1.29 is 22.3 Å². The van der Waals surface area contributed by atoms with Gasteiger partial charge in [-0.25, -0.2) is 4.98 Å². The molecule has 0 aliphatic carbocycles. The Balaban J connectivity index is 2.06. The lowest BCUT2D eigenvalue weighted by atomic mass is 10.2. The molecule has 96 valence electrons. The molecule has 0 amide bonds. The van der Waals surface area contributed by atoms with Gasteiger partial charge in [0.25, 0.3) is 0 Å². The Morgan fingerprint density at radius 2 is 2.11 bits per heavy atom. The second-order valence-corrected chi connectivity index (χ2v) is 3.66. The molecule has 3 nitrogen and oxygen atoms in total. The molecule has 0 atom stereocenters. The monoisotopic (exact) mass is 257 g/mol. The molecule has 0 spiro atoms. The summed E-state index contributed by atoms with van der Waals surface area (Å²) in [6.45, 7) is 1.72. The van der Waals surface area contributed by atoms with E-state index in [1.165, 1.54) is 18.3 Å². The fraction of sp³-hybridized carbons (Fsp3) is 0.250. The molecule has 1 aromatic heterocycles. The summed E-state index contributed by atoms with van der Waals surface area (Å²) in [5.74, 6) is 1.08. The minimum absolute atomic E-state index is 0.0438. The number of aryl methyl sites for hydroxylation is 1. The Labute approximate surface area is 101 Å². The lowest BCUT2D eigenvalue weighted by Crippen LogP contribution is -2.05. The molecule has 0 N–H and O–H groups in total. The zero-order valence-electron chi connectivity index (χ0n) is 9.49. The van der Waals surface area contributed by atoms with Crippen molar-refractivity contribution in [3.63, 3.8) is 0 Å². The molecule has 0 unspecified atom stereocenters. The van der Waals surface area contributed by atoms with Crippen molar-refractivity contribution >= 4 is 0 Å². The van der Waals surface area contributed by atoms with E-state index in [0.717, 1.165) is 12.1 Å². The highest BCUT2D eigenvalue weighted by atomic mass is 19.4. The van der Waals surface area contributed by atoms with E-state index in [-0.39, 0.29) is 12.4 Å². The van der Waals surface area contributed by atoms with Crippen LogP contribution in [0, 0.1) is 6.92 Å². The Bertz CT molecular complexity index is 534. The third-order valence-electron chi connectivity index (χ3n) is 2.21. The van der Waals surface area contributed by atoms with Gasteiger partial charge in [0, 0.05) is 6.92 Å². The first-order chi connectivity index (χ1) is 8.45. The van der Waals surface area contributed by atoms with Crippen LogP contribution in [0.4, 0.5) is 13.2 Å². The molecule has 6 heteroatoms. The number of ether oxygens (including phenoxy) is 1. The normalized spacial score (nSPS) is 11.6. The van der Waals surface area contributed by atoms with Gasteiger partial charge in [0.1, 0.15) is 12.4 Å². The fourth-order valence-electron chi connectivity index (χ4n) is 1.39. The molecule has 0 radical (unpaired) electrons. The van der Waals surface area contributed by atoms with Crippen molar-refractivity contribution in [3.8, 4) is 5.75 Å². The van der Waals surface area contributed by atoms with Crippen LogP contribution < -0.4 is 4.74 Å². The molecule has 0 fully saturated rings. The predicted molar refractivity (Wildman–Crippen MR) is 57.0 cm³/mol. The molecule has 2 rings (SSSR count). The van der Waals surface area contributed by atoms with Crippen LogP contribution in [0.2, 0.25) is 0 Å². The van der Waals surface area contributed by atoms with Gasteiger partial charge < -0.3 is 9.15 Å². The SMILES string of the molecule is Cc1ncc(COc2cccc(C(F)(F)F)c2)o1. The zero-order valence-corrected chi connectivity index (χ0v) is 9.49. The third-order valence-corrected chi connectivity index (χ3v) is 2.21. The Morgan fingerprint density at radius 3 is 2.72 bits per heavy atom. The highest BCUT2D eigenvalue weighted by Crippen LogP contribution is 2.31. The van der Waals surface area contributed by atoms with E-state index in [4.69, 9.17) is 9.15 Å². The maximum atomic E-state index is 12.5. The molecular formula is C12H10F3NO2. The summed E-state index contributed by atoms with van der Waals surface area (Å²) in [5, 5.41) is 0. The highest BCUT2D eigenvalue weighted by molar-refractivity contribution is 5.30. The van der Waals surface area contributed by atoms with Crippen molar-refractivity contribution in [3.05, 3.63) is 47.7 Å². The number of nitrogens with zero attached hydrogens (tertiary/aromatic N) is 1. The summed E-state index contributed by atoms with van der Waals surface area (Å²) in [6, 6.07) is 4.69. The van der Waals surface area contributed by atoms with Gasteiger partial charge in [-0.2, -0.15) is 13.2 Å². The zero-order chi connectivity index (χ0) is 13.2. The topological polar surface area (TPSA) is 35.3 Å². The molecule has 2 aromatic rings. The Morgan fingerprint density at radius 1 is 1.33 bits per heavy atom. The Kier molecular flexibility index (Phi) is 3.27. The lowest BCUT2D eigenvalue weighted by molar-refractivity contribution is -0.137. The maximum Gasteiger partial charge on any atom is 0.416 e. The van der Waals surface area contributed by atoms with Crippen molar-refractivity contribution in [1.29, 1.82) is 0 Å². The summed E-state index contributed by atoms with van der Waals surface area (Å²) in [7, 11) is 0. The van der Waals surface area contributed by atoms with E-state index >= 15 is 0 Å². The third kappa shape index (κ3) is 3.03. The molecule has 0 aliphatic rings. The second kappa shape index (κ2) is 4.72. The van der Waals surface area contributed by atoms with Crippen LogP contribution in [0.3, 0.4) is 0 Å². The smallest absolute Gasteiger partial charge is 0.416 e. The van der Waals surface area contributed by atoms with Crippen LogP contribution in [0.25, 0.3) is 0 Å². The lowest BCUT2D eigenvalue weighted by Gasteiger charge is -2.09. The average molecular weight is 257 g/mol. The summed E-state index contributed by atoms with van der Waals surface area (Å²) >= 11 is 0.